The molecule has 118 valence electrons. The first-order chi connectivity index (χ1) is 10.4. The van der Waals surface area contributed by atoms with E-state index in [9.17, 15) is 30.3 Å². The quantitative estimate of drug-likeness (QED) is 0.412. The number of carbonyl (C=O) groups is 1. The lowest BCUT2D eigenvalue weighted by atomic mass is 9.78. The molecule has 1 aliphatic rings. The Morgan fingerprint density at radius 3 is 2.59 bits per heavy atom. The van der Waals surface area contributed by atoms with Crippen LogP contribution < -0.4 is 0 Å². The van der Waals surface area contributed by atoms with Crippen LogP contribution in [0.4, 0.5) is 0 Å². The summed E-state index contributed by atoms with van der Waals surface area (Å²) in [6.45, 7) is 0. The molecule has 1 aliphatic heterocycles. The van der Waals surface area contributed by atoms with Crippen LogP contribution in [0.25, 0.3) is 10.9 Å². The first-order valence-electron chi connectivity index (χ1n) is 6.58. The van der Waals surface area contributed by atoms with E-state index in [-0.39, 0.29) is 5.56 Å². The number of carboxylic acids is 1. The molecule has 1 saturated heterocycles. The van der Waals surface area contributed by atoms with Gasteiger partial charge in [-0.3, -0.25) is 0 Å². The molecule has 1 aromatic heterocycles. The zero-order chi connectivity index (χ0) is 16.1. The number of ether oxygens (including phenoxy) is 1. The number of para-hydroxylation sites is 1. The Balaban J connectivity index is 2.20. The van der Waals surface area contributed by atoms with Gasteiger partial charge in [0.05, 0.1) is 0 Å². The van der Waals surface area contributed by atoms with Crippen LogP contribution in [-0.2, 0) is 15.1 Å². The van der Waals surface area contributed by atoms with Gasteiger partial charge in [0.2, 0.25) is 0 Å². The smallest absolute Gasteiger partial charge is 0.336 e. The molecule has 0 unspecified atom stereocenters. The van der Waals surface area contributed by atoms with Crippen LogP contribution in [0.1, 0.15) is 5.56 Å². The van der Waals surface area contributed by atoms with Crippen molar-refractivity contribution >= 4 is 16.9 Å². The lowest BCUT2D eigenvalue weighted by molar-refractivity contribution is -0.316. The lowest BCUT2D eigenvalue weighted by Crippen LogP contribution is -2.65. The molecular formula is C14H15NO7. The summed E-state index contributed by atoms with van der Waals surface area (Å²) in [5.41, 5.74) is -1.75. The maximum Gasteiger partial charge on any atom is 0.336 e. The molecule has 8 nitrogen and oxygen atoms in total. The molecule has 2 heterocycles. The fourth-order valence-electron chi connectivity index (χ4n) is 2.84. The summed E-state index contributed by atoms with van der Waals surface area (Å²) < 4.78 is 4.80. The monoisotopic (exact) mass is 309 g/mol. The van der Waals surface area contributed by atoms with Gasteiger partial charge in [-0.25, -0.2) is 4.79 Å². The van der Waals surface area contributed by atoms with Gasteiger partial charge in [-0.15, -0.1) is 0 Å². The number of aromatic amines is 1. The van der Waals surface area contributed by atoms with E-state index in [2.05, 4.69) is 4.98 Å². The number of rotatable bonds is 2. The molecule has 3 rings (SSSR count). The minimum Gasteiger partial charge on any atom is -0.479 e. The highest BCUT2D eigenvalue weighted by atomic mass is 16.6. The average Bonchev–Trinajstić information content (AvgIpc) is 2.93. The van der Waals surface area contributed by atoms with Crippen molar-refractivity contribution in [2.45, 2.75) is 30.2 Å². The lowest BCUT2D eigenvalue weighted by Gasteiger charge is -2.45. The number of aromatic nitrogens is 1. The summed E-state index contributed by atoms with van der Waals surface area (Å²) in [7, 11) is 0. The standard InChI is InChI=1S/C14H15NO7/c16-9-10(17)14(21,11(12(18)19)22-13(9)20)7-5-15-8-4-2-1-3-6(7)8/h1-5,9-11,13,15-17,20-21H,(H,18,19)/t9-,10-,11-,13-,14+/m1/s1. The molecule has 0 aliphatic carbocycles. The third-order valence-electron chi connectivity index (χ3n) is 3.99. The fraction of sp³-hybridized carbons (Fsp3) is 0.357. The van der Waals surface area contributed by atoms with Crippen LogP contribution in [0.15, 0.2) is 30.5 Å². The Labute approximate surface area is 124 Å². The molecular weight excluding hydrogens is 294 g/mol. The number of carboxylic acid groups (broad SMARTS) is 1. The predicted octanol–water partition coefficient (Wildman–Crippen LogP) is -1.12. The highest BCUT2D eigenvalue weighted by Gasteiger charge is 2.59. The van der Waals surface area contributed by atoms with Crippen molar-refractivity contribution in [2.24, 2.45) is 0 Å². The third-order valence-corrected chi connectivity index (χ3v) is 3.99. The van der Waals surface area contributed by atoms with E-state index in [4.69, 9.17) is 4.74 Å². The Bertz CT molecular complexity index is 714. The van der Waals surface area contributed by atoms with Crippen molar-refractivity contribution in [2.75, 3.05) is 0 Å². The largest absolute Gasteiger partial charge is 0.479 e. The van der Waals surface area contributed by atoms with E-state index in [0.717, 1.165) is 0 Å². The maximum absolute atomic E-state index is 11.4. The number of aliphatic carboxylic acids is 1. The van der Waals surface area contributed by atoms with E-state index < -0.39 is 36.2 Å². The van der Waals surface area contributed by atoms with E-state index in [0.29, 0.717) is 10.9 Å². The molecule has 8 heteroatoms. The van der Waals surface area contributed by atoms with Crippen LogP contribution in [0.5, 0.6) is 0 Å². The van der Waals surface area contributed by atoms with Crippen LogP contribution in [0.2, 0.25) is 0 Å². The topological polar surface area (TPSA) is 143 Å². The Morgan fingerprint density at radius 1 is 1.23 bits per heavy atom. The summed E-state index contributed by atoms with van der Waals surface area (Å²) in [5.74, 6) is -1.57. The second kappa shape index (κ2) is 5.04. The van der Waals surface area contributed by atoms with Crippen LogP contribution in [0, 0.1) is 0 Å². The molecule has 0 radical (unpaired) electrons. The van der Waals surface area contributed by atoms with Gasteiger partial charge in [-0.2, -0.15) is 0 Å². The summed E-state index contributed by atoms with van der Waals surface area (Å²) in [4.78, 5) is 14.3. The number of aliphatic hydroxyl groups is 4. The van der Waals surface area contributed by atoms with Gasteiger partial charge < -0.3 is 35.3 Å². The summed E-state index contributed by atoms with van der Waals surface area (Å²) in [6, 6.07) is 6.76. The summed E-state index contributed by atoms with van der Waals surface area (Å²) >= 11 is 0. The van der Waals surface area contributed by atoms with Crippen LogP contribution in [-0.4, -0.2) is 61.1 Å². The molecule has 22 heavy (non-hydrogen) atoms. The molecule has 5 atom stereocenters. The van der Waals surface area contributed by atoms with Gasteiger partial charge in [0.25, 0.3) is 0 Å². The van der Waals surface area contributed by atoms with Crippen LogP contribution >= 0.6 is 0 Å². The number of aliphatic hydroxyl groups excluding tert-OH is 3. The Morgan fingerprint density at radius 2 is 1.91 bits per heavy atom. The van der Waals surface area contributed by atoms with Gasteiger partial charge in [0, 0.05) is 22.7 Å². The second-order valence-corrected chi connectivity index (χ2v) is 5.25. The Hall–Kier alpha value is -1.97. The van der Waals surface area contributed by atoms with Crippen molar-refractivity contribution in [3.8, 4) is 0 Å². The summed E-state index contributed by atoms with van der Waals surface area (Å²) in [5, 5.41) is 50.1. The fourth-order valence-corrected chi connectivity index (χ4v) is 2.84. The van der Waals surface area contributed by atoms with E-state index in [1.807, 2.05) is 0 Å². The molecule has 0 amide bonds. The minimum absolute atomic E-state index is 0.0638. The first kappa shape index (κ1) is 14.9. The predicted molar refractivity (Wildman–Crippen MR) is 72.7 cm³/mol. The molecule has 1 fully saturated rings. The number of H-pyrrole nitrogens is 1. The van der Waals surface area contributed by atoms with Crippen molar-refractivity contribution in [1.29, 1.82) is 0 Å². The molecule has 2 aromatic rings. The van der Waals surface area contributed by atoms with E-state index >= 15 is 0 Å². The van der Waals surface area contributed by atoms with Crippen molar-refractivity contribution in [3.05, 3.63) is 36.0 Å². The molecule has 6 N–H and O–H groups in total. The van der Waals surface area contributed by atoms with Crippen molar-refractivity contribution in [1.82, 2.24) is 4.98 Å². The SMILES string of the molecule is O=C(O)[C@H]1O[C@@H](O)[C@H](O)[C@@H](O)[C@@]1(O)c1c[nH]c2ccccc12. The summed E-state index contributed by atoms with van der Waals surface area (Å²) in [6.07, 6.45) is -6.31. The zero-order valence-corrected chi connectivity index (χ0v) is 11.2. The highest BCUT2D eigenvalue weighted by molar-refractivity contribution is 5.86. The van der Waals surface area contributed by atoms with Gasteiger partial charge in [0.15, 0.2) is 18.0 Å². The second-order valence-electron chi connectivity index (χ2n) is 5.25. The van der Waals surface area contributed by atoms with E-state index in [1.54, 1.807) is 24.3 Å². The van der Waals surface area contributed by atoms with E-state index in [1.165, 1.54) is 6.20 Å². The van der Waals surface area contributed by atoms with Crippen molar-refractivity contribution in [3.63, 3.8) is 0 Å². The minimum atomic E-state index is -2.43. The molecule has 1 aromatic carbocycles. The number of hydrogen-bond acceptors (Lipinski definition) is 6. The van der Waals surface area contributed by atoms with Gasteiger partial charge >= 0.3 is 5.97 Å². The number of hydrogen-bond donors (Lipinski definition) is 6. The molecule has 0 bridgehead atoms. The van der Waals surface area contributed by atoms with Gasteiger partial charge in [0.1, 0.15) is 12.2 Å². The maximum atomic E-state index is 11.4. The number of fused-ring (bicyclic) bond motifs is 1. The number of nitrogens with one attached hydrogen (secondary N) is 1. The Kier molecular flexibility index (Phi) is 3.42. The highest BCUT2D eigenvalue weighted by Crippen LogP contribution is 2.40. The first-order valence-corrected chi connectivity index (χ1v) is 6.58. The molecule has 0 saturated carbocycles. The van der Waals surface area contributed by atoms with Gasteiger partial charge in [-0.05, 0) is 6.07 Å². The van der Waals surface area contributed by atoms with Crippen molar-refractivity contribution < 1.29 is 35.1 Å². The average molecular weight is 309 g/mol. The van der Waals surface area contributed by atoms with Gasteiger partial charge in [-0.1, -0.05) is 18.2 Å². The molecule has 0 spiro atoms. The zero-order valence-electron chi connectivity index (χ0n) is 11.2. The number of benzene rings is 1. The van der Waals surface area contributed by atoms with Crippen LogP contribution in [0.3, 0.4) is 0 Å². The third kappa shape index (κ3) is 1.93. The normalized spacial score (nSPS) is 35.6.